The van der Waals surface area contributed by atoms with Gasteiger partial charge in [0.2, 0.25) is 0 Å². The van der Waals surface area contributed by atoms with Gasteiger partial charge in [0.25, 0.3) is 0 Å². The van der Waals surface area contributed by atoms with Crippen LogP contribution in [0.1, 0.15) is 12.8 Å². The maximum Gasteiger partial charge on any atom is 0.160 e. The average Bonchev–Trinajstić information content (AvgIpc) is 2.64. The highest BCUT2D eigenvalue weighted by Crippen LogP contribution is 1.90. The quantitative estimate of drug-likeness (QED) is 0.551. The Morgan fingerprint density at radius 1 is 0.818 bits per heavy atom. The molecule has 1 aromatic rings. The smallest absolute Gasteiger partial charge is 0.160 e. The Morgan fingerprint density at radius 2 is 1.27 bits per heavy atom. The monoisotopic (exact) mass is 153 g/mol. The van der Waals surface area contributed by atoms with E-state index in [-0.39, 0.29) is 0 Å². The molecule has 0 unspecified atom stereocenters. The minimum Gasteiger partial charge on any atom is -0.317 e. The summed E-state index contributed by atoms with van der Waals surface area (Å²) in [6.45, 7) is 2.50. The number of hydrogen-bond acceptors (Lipinski definition) is 5. The van der Waals surface area contributed by atoms with E-state index in [1.807, 2.05) is 0 Å². The SMILES string of the molecule is C1CCNC1.c1nncnn1. The summed E-state index contributed by atoms with van der Waals surface area (Å²) in [6, 6.07) is 0. The molecule has 1 saturated heterocycles. The summed E-state index contributed by atoms with van der Waals surface area (Å²) in [5.74, 6) is 0. The predicted octanol–water partition coefficient (Wildman–Crippen LogP) is -0.364. The largest absolute Gasteiger partial charge is 0.317 e. The Bertz CT molecular complexity index is 128. The van der Waals surface area contributed by atoms with Crippen molar-refractivity contribution in [3.05, 3.63) is 12.7 Å². The molecule has 60 valence electrons. The highest BCUT2D eigenvalue weighted by molar-refractivity contribution is 4.55. The van der Waals surface area contributed by atoms with E-state index in [1.165, 1.54) is 38.6 Å². The Morgan fingerprint density at radius 3 is 1.45 bits per heavy atom. The molecule has 1 aromatic heterocycles. The van der Waals surface area contributed by atoms with E-state index in [9.17, 15) is 0 Å². The summed E-state index contributed by atoms with van der Waals surface area (Å²) in [7, 11) is 0. The van der Waals surface area contributed by atoms with Crippen LogP contribution >= 0.6 is 0 Å². The van der Waals surface area contributed by atoms with Crippen LogP contribution in [-0.4, -0.2) is 33.5 Å². The molecule has 0 aromatic carbocycles. The number of nitrogens with zero attached hydrogens (tertiary/aromatic N) is 4. The molecule has 5 nitrogen and oxygen atoms in total. The van der Waals surface area contributed by atoms with Crippen molar-refractivity contribution in [2.75, 3.05) is 13.1 Å². The minimum atomic E-state index is 1.25. The van der Waals surface area contributed by atoms with Gasteiger partial charge < -0.3 is 5.32 Å². The Hall–Kier alpha value is -1.10. The second-order valence-corrected chi connectivity index (χ2v) is 2.15. The fourth-order valence-corrected chi connectivity index (χ4v) is 0.790. The van der Waals surface area contributed by atoms with Crippen molar-refractivity contribution >= 4 is 0 Å². The van der Waals surface area contributed by atoms with Gasteiger partial charge in [-0.15, -0.1) is 20.4 Å². The summed E-state index contributed by atoms with van der Waals surface area (Å²) < 4.78 is 0. The van der Waals surface area contributed by atoms with Gasteiger partial charge in [0.15, 0.2) is 12.7 Å². The molecule has 0 atom stereocenters. The van der Waals surface area contributed by atoms with E-state index in [0.717, 1.165) is 0 Å². The topological polar surface area (TPSA) is 63.6 Å². The first-order valence-corrected chi connectivity index (χ1v) is 3.64. The van der Waals surface area contributed by atoms with Crippen LogP contribution in [0.3, 0.4) is 0 Å². The Kier molecular flexibility index (Phi) is 4.12. The van der Waals surface area contributed by atoms with Crippen LogP contribution in [-0.2, 0) is 0 Å². The lowest BCUT2D eigenvalue weighted by molar-refractivity contribution is 0.853. The van der Waals surface area contributed by atoms with Crippen molar-refractivity contribution in [1.82, 2.24) is 25.7 Å². The lowest BCUT2D eigenvalue weighted by Crippen LogP contribution is -2.03. The van der Waals surface area contributed by atoms with Crippen LogP contribution in [0.15, 0.2) is 12.7 Å². The van der Waals surface area contributed by atoms with Crippen molar-refractivity contribution in [1.29, 1.82) is 0 Å². The van der Waals surface area contributed by atoms with E-state index >= 15 is 0 Å². The molecule has 1 N–H and O–H groups in total. The van der Waals surface area contributed by atoms with Crippen molar-refractivity contribution < 1.29 is 0 Å². The molecule has 2 rings (SSSR count). The standard InChI is InChI=1S/C4H9N.C2H2N4/c1-2-4-5-3-1;1-3-5-2-6-4-1/h5H,1-4H2;1-2H. The van der Waals surface area contributed by atoms with Crippen LogP contribution in [0.5, 0.6) is 0 Å². The van der Waals surface area contributed by atoms with Crippen LogP contribution in [0.2, 0.25) is 0 Å². The van der Waals surface area contributed by atoms with E-state index in [0.29, 0.717) is 0 Å². The maximum absolute atomic E-state index is 3.36. The first-order chi connectivity index (χ1) is 5.50. The van der Waals surface area contributed by atoms with E-state index < -0.39 is 0 Å². The molecule has 5 heteroatoms. The van der Waals surface area contributed by atoms with Gasteiger partial charge in [0.1, 0.15) is 0 Å². The van der Waals surface area contributed by atoms with Crippen molar-refractivity contribution in [2.45, 2.75) is 12.8 Å². The van der Waals surface area contributed by atoms with Crippen LogP contribution < -0.4 is 5.32 Å². The third-order valence-electron chi connectivity index (χ3n) is 1.30. The second kappa shape index (κ2) is 5.67. The zero-order valence-electron chi connectivity index (χ0n) is 6.27. The molecule has 0 spiro atoms. The predicted molar refractivity (Wildman–Crippen MR) is 39.7 cm³/mol. The molecule has 1 aliphatic heterocycles. The lowest BCUT2D eigenvalue weighted by Gasteiger charge is -1.76. The number of hydrogen-bond donors (Lipinski definition) is 1. The first-order valence-electron chi connectivity index (χ1n) is 3.64. The van der Waals surface area contributed by atoms with Crippen LogP contribution in [0, 0.1) is 0 Å². The molecule has 1 fully saturated rings. The number of aromatic nitrogens is 4. The van der Waals surface area contributed by atoms with Crippen LogP contribution in [0.25, 0.3) is 0 Å². The maximum atomic E-state index is 3.36. The summed E-state index contributed by atoms with van der Waals surface area (Å²) in [6.07, 6.45) is 5.33. The fraction of sp³-hybridized carbons (Fsp3) is 0.667. The number of nitrogens with one attached hydrogen (secondary N) is 1. The number of rotatable bonds is 0. The van der Waals surface area contributed by atoms with Gasteiger partial charge in [-0.05, 0) is 25.9 Å². The average molecular weight is 153 g/mol. The normalized spacial score (nSPS) is 15.3. The van der Waals surface area contributed by atoms with Crippen molar-refractivity contribution in [2.24, 2.45) is 0 Å². The molecule has 0 amide bonds. The van der Waals surface area contributed by atoms with Gasteiger partial charge in [-0.3, -0.25) is 0 Å². The Balaban J connectivity index is 0.000000112. The van der Waals surface area contributed by atoms with Gasteiger partial charge in [-0.2, -0.15) is 0 Å². The molecule has 0 bridgehead atoms. The molecular formula is C6H11N5. The van der Waals surface area contributed by atoms with E-state index in [2.05, 4.69) is 25.7 Å². The van der Waals surface area contributed by atoms with E-state index in [4.69, 9.17) is 0 Å². The highest BCUT2D eigenvalue weighted by atomic mass is 15.2. The summed E-state index contributed by atoms with van der Waals surface area (Å²) >= 11 is 0. The van der Waals surface area contributed by atoms with Crippen molar-refractivity contribution in [3.63, 3.8) is 0 Å². The molecule has 0 aliphatic carbocycles. The third kappa shape index (κ3) is 4.32. The molecule has 2 heterocycles. The van der Waals surface area contributed by atoms with Crippen molar-refractivity contribution in [3.8, 4) is 0 Å². The summed E-state index contributed by atoms with van der Waals surface area (Å²) in [4.78, 5) is 0. The van der Waals surface area contributed by atoms with Gasteiger partial charge >= 0.3 is 0 Å². The zero-order valence-corrected chi connectivity index (χ0v) is 6.27. The van der Waals surface area contributed by atoms with Gasteiger partial charge in [0.05, 0.1) is 0 Å². The highest BCUT2D eigenvalue weighted by Gasteiger charge is 1.93. The van der Waals surface area contributed by atoms with Crippen LogP contribution in [0.4, 0.5) is 0 Å². The van der Waals surface area contributed by atoms with Gasteiger partial charge in [0, 0.05) is 0 Å². The molecule has 1 aliphatic rings. The first kappa shape index (κ1) is 8.00. The molecular weight excluding hydrogens is 142 g/mol. The summed E-state index contributed by atoms with van der Waals surface area (Å²) in [5.41, 5.74) is 0. The lowest BCUT2D eigenvalue weighted by atomic mass is 10.4. The molecule has 0 saturated carbocycles. The van der Waals surface area contributed by atoms with Gasteiger partial charge in [-0.25, -0.2) is 0 Å². The zero-order chi connectivity index (χ0) is 7.78. The van der Waals surface area contributed by atoms with Gasteiger partial charge in [-0.1, -0.05) is 0 Å². The minimum absolute atomic E-state index is 1.25. The Labute approximate surface area is 65.3 Å². The second-order valence-electron chi connectivity index (χ2n) is 2.15. The summed E-state index contributed by atoms with van der Waals surface area (Å²) in [5, 5.41) is 16.7. The fourth-order valence-electron chi connectivity index (χ4n) is 0.790. The van der Waals surface area contributed by atoms with E-state index in [1.54, 1.807) is 0 Å². The molecule has 0 radical (unpaired) electrons. The molecule has 11 heavy (non-hydrogen) atoms. The third-order valence-corrected chi connectivity index (χ3v) is 1.30.